The molecule has 5 nitrogen and oxygen atoms in total. The molecule has 20 heavy (non-hydrogen) atoms. The number of nitrogens with one attached hydrogen (secondary N) is 3. The lowest BCUT2D eigenvalue weighted by atomic mass is 10.2. The first-order valence-corrected chi connectivity index (χ1v) is 8.50. The zero-order valence-corrected chi connectivity index (χ0v) is 12.8. The van der Waals surface area contributed by atoms with E-state index in [1.807, 2.05) is 19.2 Å². The van der Waals surface area contributed by atoms with E-state index >= 15 is 0 Å². The van der Waals surface area contributed by atoms with Gasteiger partial charge < -0.3 is 10.6 Å². The van der Waals surface area contributed by atoms with Gasteiger partial charge in [-0.3, -0.25) is 0 Å². The maximum Gasteiger partial charge on any atom is 0.240 e. The molecule has 1 aromatic carbocycles. The Morgan fingerprint density at radius 2 is 1.85 bits per heavy atom. The fourth-order valence-corrected chi connectivity index (χ4v) is 3.26. The highest BCUT2D eigenvalue weighted by Crippen LogP contribution is 2.22. The summed E-state index contributed by atoms with van der Waals surface area (Å²) in [6.07, 6.45) is 1.89. The van der Waals surface area contributed by atoms with Crippen molar-refractivity contribution >= 4 is 15.7 Å². The van der Waals surface area contributed by atoms with Gasteiger partial charge in [0.2, 0.25) is 10.0 Å². The van der Waals surface area contributed by atoms with E-state index in [4.69, 9.17) is 0 Å². The third-order valence-electron chi connectivity index (χ3n) is 3.27. The predicted octanol–water partition coefficient (Wildman–Crippen LogP) is 1.39. The first-order valence-electron chi connectivity index (χ1n) is 7.02. The number of sulfonamides is 1. The molecule has 0 bridgehead atoms. The Morgan fingerprint density at radius 1 is 1.20 bits per heavy atom. The maximum atomic E-state index is 12.0. The van der Waals surface area contributed by atoms with Crippen LogP contribution in [0.2, 0.25) is 0 Å². The molecule has 1 fully saturated rings. The molecule has 3 N–H and O–H groups in total. The standard InChI is InChI=1S/C14H23N3O2S/c1-11(9-15-2)10-16-12-5-7-14(8-6-12)20(18,19)17-13-3-4-13/h5-8,11,13,15-17H,3-4,9-10H2,1-2H3. The van der Waals surface area contributed by atoms with Gasteiger partial charge in [0.15, 0.2) is 0 Å². The number of hydrogen-bond acceptors (Lipinski definition) is 4. The van der Waals surface area contributed by atoms with Gasteiger partial charge in [-0.15, -0.1) is 0 Å². The molecule has 112 valence electrons. The van der Waals surface area contributed by atoms with Crippen LogP contribution >= 0.6 is 0 Å². The Kier molecular flexibility index (Phi) is 5.01. The van der Waals surface area contributed by atoms with E-state index in [1.54, 1.807) is 12.1 Å². The van der Waals surface area contributed by atoms with Crippen LogP contribution in [0.4, 0.5) is 5.69 Å². The van der Waals surface area contributed by atoms with E-state index < -0.39 is 10.0 Å². The zero-order valence-electron chi connectivity index (χ0n) is 12.0. The zero-order chi connectivity index (χ0) is 14.6. The quantitative estimate of drug-likeness (QED) is 0.678. The van der Waals surface area contributed by atoms with Gasteiger partial charge in [0.1, 0.15) is 0 Å². The summed E-state index contributed by atoms with van der Waals surface area (Å²) in [7, 11) is -1.41. The molecular weight excluding hydrogens is 274 g/mol. The van der Waals surface area contributed by atoms with Crippen molar-refractivity contribution in [2.45, 2.75) is 30.7 Å². The van der Waals surface area contributed by atoms with Crippen molar-refractivity contribution in [3.63, 3.8) is 0 Å². The van der Waals surface area contributed by atoms with Gasteiger partial charge in [-0.1, -0.05) is 6.92 Å². The Bertz CT molecular complexity index is 524. The van der Waals surface area contributed by atoms with Crippen molar-refractivity contribution in [1.82, 2.24) is 10.0 Å². The molecule has 0 radical (unpaired) electrons. The minimum Gasteiger partial charge on any atom is -0.385 e. The van der Waals surface area contributed by atoms with E-state index in [1.165, 1.54) is 0 Å². The Morgan fingerprint density at radius 3 is 2.40 bits per heavy atom. The Labute approximate surface area is 121 Å². The van der Waals surface area contributed by atoms with Crippen molar-refractivity contribution in [1.29, 1.82) is 0 Å². The van der Waals surface area contributed by atoms with Crippen molar-refractivity contribution in [3.8, 4) is 0 Å². The molecule has 1 aromatic rings. The van der Waals surface area contributed by atoms with E-state index in [9.17, 15) is 8.42 Å². The molecule has 1 saturated carbocycles. The highest BCUT2D eigenvalue weighted by atomic mass is 32.2. The normalized spacial score (nSPS) is 16.9. The van der Waals surface area contributed by atoms with Crippen LogP contribution in [0.5, 0.6) is 0 Å². The average molecular weight is 297 g/mol. The van der Waals surface area contributed by atoms with Crippen molar-refractivity contribution in [2.24, 2.45) is 5.92 Å². The monoisotopic (exact) mass is 297 g/mol. The second-order valence-corrected chi connectivity index (χ2v) is 7.18. The van der Waals surface area contributed by atoms with Crippen LogP contribution in [0.1, 0.15) is 19.8 Å². The summed E-state index contributed by atoms with van der Waals surface area (Å²) in [5, 5.41) is 6.44. The average Bonchev–Trinajstić information content (AvgIpc) is 3.20. The summed E-state index contributed by atoms with van der Waals surface area (Å²) in [4.78, 5) is 0.332. The predicted molar refractivity (Wildman–Crippen MR) is 81.4 cm³/mol. The van der Waals surface area contributed by atoms with Crippen LogP contribution in [0.15, 0.2) is 29.2 Å². The van der Waals surface area contributed by atoms with Crippen LogP contribution in [0.25, 0.3) is 0 Å². The summed E-state index contributed by atoms with van der Waals surface area (Å²) >= 11 is 0. The molecule has 0 heterocycles. The summed E-state index contributed by atoms with van der Waals surface area (Å²) in [6, 6.07) is 7.06. The lowest BCUT2D eigenvalue weighted by molar-refractivity contribution is 0.569. The van der Waals surface area contributed by atoms with Gasteiger partial charge in [0.25, 0.3) is 0 Å². The van der Waals surface area contributed by atoms with Crippen molar-refractivity contribution < 1.29 is 8.42 Å². The summed E-state index contributed by atoms with van der Waals surface area (Å²) in [5.74, 6) is 0.514. The third-order valence-corrected chi connectivity index (χ3v) is 4.81. The van der Waals surface area contributed by atoms with Crippen LogP contribution in [0.3, 0.4) is 0 Å². The van der Waals surface area contributed by atoms with Crippen LogP contribution in [-0.2, 0) is 10.0 Å². The van der Waals surface area contributed by atoms with Gasteiger partial charge >= 0.3 is 0 Å². The van der Waals surface area contributed by atoms with Gasteiger partial charge in [0, 0.05) is 18.3 Å². The first-order chi connectivity index (χ1) is 9.51. The number of benzene rings is 1. The molecule has 1 atom stereocenters. The lowest BCUT2D eigenvalue weighted by Crippen LogP contribution is -2.25. The van der Waals surface area contributed by atoms with Gasteiger partial charge in [-0.05, 0) is 56.6 Å². The van der Waals surface area contributed by atoms with Gasteiger partial charge in [-0.25, -0.2) is 13.1 Å². The first kappa shape index (κ1) is 15.3. The molecule has 2 rings (SSSR count). The largest absolute Gasteiger partial charge is 0.385 e. The van der Waals surface area contributed by atoms with Crippen molar-refractivity contribution in [3.05, 3.63) is 24.3 Å². The van der Waals surface area contributed by atoms with Crippen LogP contribution in [-0.4, -0.2) is 34.6 Å². The highest BCUT2D eigenvalue weighted by molar-refractivity contribution is 7.89. The molecule has 1 aliphatic carbocycles. The van der Waals surface area contributed by atoms with E-state index in [-0.39, 0.29) is 6.04 Å². The SMILES string of the molecule is CNCC(C)CNc1ccc(S(=O)(=O)NC2CC2)cc1. The van der Waals surface area contributed by atoms with E-state index in [2.05, 4.69) is 22.3 Å². The van der Waals surface area contributed by atoms with Crippen LogP contribution < -0.4 is 15.4 Å². The minimum atomic E-state index is -3.34. The molecule has 0 saturated heterocycles. The fourth-order valence-electron chi connectivity index (χ4n) is 1.95. The fraction of sp³-hybridized carbons (Fsp3) is 0.571. The molecule has 0 aromatic heterocycles. The molecule has 0 spiro atoms. The Balaban J connectivity index is 1.92. The molecule has 1 aliphatic rings. The topological polar surface area (TPSA) is 70.2 Å². The smallest absolute Gasteiger partial charge is 0.240 e. The summed E-state index contributed by atoms with van der Waals surface area (Å²) in [5.41, 5.74) is 0.943. The number of rotatable bonds is 8. The summed E-state index contributed by atoms with van der Waals surface area (Å²) in [6.45, 7) is 3.96. The summed E-state index contributed by atoms with van der Waals surface area (Å²) < 4.78 is 26.7. The van der Waals surface area contributed by atoms with Gasteiger partial charge in [0.05, 0.1) is 4.90 Å². The molecule has 0 amide bonds. The third kappa shape index (κ3) is 4.47. The second kappa shape index (κ2) is 6.56. The highest BCUT2D eigenvalue weighted by Gasteiger charge is 2.27. The number of hydrogen-bond donors (Lipinski definition) is 3. The molecule has 0 aliphatic heterocycles. The molecule has 1 unspecified atom stereocenters. The molecular formula is C14H23N3O2S. The van der Waals surface area contributed by atoms with Crippen molar-refractivity contribution in [2.75, 3.05) is 25.5 Å². The molecule has 6 heteroatoms. The van der Waals surface area contributed by atoms with Crippen LogP contribution in [0, 0.1) is 5.92 Å². The minimum absolute atomic E-state index is 0.139. The van der Waals surface area contributed by atoms with E-state index in [0.717, 1.165) is 31.6 Å². The van der Waals surface area contributed by atoms with Gasteiger partial charge in [-0.2, -0.15) is 0 Å². The number of anilines is 1. The lowest BCUT2D eigenvalue weighted by Gasteiger charge is -2.13. The van der Waals surface area contributed by atoms with E-state index in [0.29, 0.717) is 10.8 Å². The maximum absolute atomic E-state index is 12.0. The second-order valence-electron chi connectivity index (χ2n) is 5.46. The Hall–Kier alpha value is -1.11.